The van der Waals surface area contributed by atoms with Crippen molar-refractivity contribution in [3.63, 3.8) is 0 Å². The molecule has 0 rings (SSSR count). The van der Waals surface area contributed by atoms with Gasteiger partial charge in [-0.25, -0.2) is 0 Å². The van der Waals surface area contributed by atoms with Crippen LogP contribution in [0.15, 0.2) is 0 Å². The molecule has 16 heteroatoms. The van der Waals surface area contributed by atoms with Crippen LogP contribution in [0.4, 0.5) is 0 Å². The van der Waals surface area contributed by atoms with E-state index in [1.165, 1.54) is 0 Å². The van der Waals surface area contributed by atoms with E-state index in [-0.39, 0.29) is 51.9 Å². The van der Waals surface area contributed by atoms with E-state index < -0.39 is 50.1 Å². The summed E-state index contributed by atoms with van der Waals surface area (Å²) in [6, 6.07) is 0. The zero-order valence-corrected chi connectivity index (χ0v) is 15.3. The van der Waals surface area contributed by atoms with Crippen molar-refractivity contribution in [3.05, 3.63) is 0 Å². The number of rotatable bonds is 11. The van der Waals surface area contributed by atoms with E-state index in [0.717, 1.165) is 9.80 Å². The van der Waals surface area contributed by atoms with Gasteiger partial charge < -0.3 is 62.4 Å². The van der Waals surface area contributed by atoms with Crippen LogP contribution >= 0.6 is 0 Å². The minimum atomic E-state index is -1.52. The smallest absolute Gasteiger partial charge is 1.00 e. The monoisotopic (exact) mass is 423 g/mol. The van der Waals surface area contributed by atoms with Crippen LogP contribution in [0.1, 0.15) is 0 Å². The molecule has 0 bridgehead atoms. The van der Waals surface area contributed by atoms with E-state index in [1.54, 1.807) is 0 Å². The van der Waals surface area contributed by atoms with Crippen molar-refractivity contribution in [2.24, 2.45) is 0 Å². The minimum Gasteiger partial charge on any atom is -1.00 e. The Bertz CT molecular complexity index is 329. The molecule has 152 valence electrons. The third-order valence-electron chi connectivity index (χ3n) is 2.15. The number of carboxylic acid groups (broad SMARTS) is 4. The van der Waals surface area contributed by atoms with Gasteiger partial charge in [0.2, 0.25) is 0 Å². The number of quaternary nitrogens is 1. The summed E-state index contributed by atoms with van der Waals surface area (Å²) in [7, 11) is 0. The van der Waals surface area contributed by atoms with Crippen molar-refractivity contribution in [1.82, 2.24) is 16.0 Å². The SMILES string of the molecule is O.O.O=C([O-])CN(CCN(CC(=O)[O-])CC(=O)O)CC(=O)[O-].[NH4+].[O-][O-].[Ti+4]. The summed E-state index contributed by atoms with van der Waals surface area (Å²) in [6.45, 7) is -3.00. The van der Waals surface area contributed by atoms with Gasteiger partial charge in [0.1, 0.15) is 0 Å². The number of hydrogen-bond acceptors (Lipinski definition) is 11. The molecule has 0 aliphatic heterocycles. The maximum atomic E-state index is 10.5. The average molecular weight is 423 g/mol. The molecule has 0 aliphatic carbocycles. The van der Waals surface area contributed by atoms with Crippen LogP contribution in [0.3, 0.4) is 0 Å². The molecular formula is C10H21N3O12Ti. The van der Waals surface area contributed by atoms with Crippen molar-refractivity contribution in [1.29, 1.82) is 0 Å². The first-order chi connectivity index (χ1) is 10.2. The van der Waals surface area contributed by atoms with Crippen LogP contribution in [0.2, 0.25) is 0 Å². The summed E-state index contributed by atoms with van der Waals surface area (Å²) < 4.78 is 0. The molecule has 0 fully saturated rings. The number of aliphatic carboxylic acids is 4. The van der Waals surface area contributed by atoms with Crippen LogP contribution in [0, 0.1) is 0 Å². The Morgan fingerprint density at radius 3 is 1.12 bits per heavy atom. The van der Waals surface area contributed by atoms with Crippen LogP contribution in [-0.4, -0.2) is 89.0 Å². The number of carboxylic acids is 4. The summed E-state index contributed by atoms with van der Waals surface area (Å²) in [5, 5.41) is 53.8. The molecule has 0 unspecified atom stereocenters. The first-order valence-electron chi connectivity index (χ1n) is 5.63. The Morgan fingerprint density at radius 2 is 0.923 bits per heavy atom. The third kappa shape index (κ3) is 27.2. The summed E-state index contributed by atoms with van der Waals surface area (Å²) in [5.41, 5.74) is 0. The van der Waals surface area contributed by atoms with Gasteiger partial charge in [0.05, 0.1) is 24.5 Å². The Kier molecular flexibility index (Phi) is 35.3. The van der Waals surface area contributed by atoms with Gasteiger partial charge in [-0.05, 0) is 0 Å². The first kappa shape index (κ1) is 39.4. The zero-order valence-electron chi connectivity index (χ0n) is 13.8. The van der Waals surface area contributed by atoms with Gasteiger partial charge in [-0.2, -0.15) is 0 Å². The third-order valence-corrected chi connectivity index (χ3v) is 2.15. The standard InChI is InChI=1S/C10H16N2O8.H3N.O2.2H2O.Ti/c13-7(14)3-11(4-8(15)16)1-2-12(5-9(17)18)6-10(19)20;;1-2;;;/h1-6H2,(H,13,14)(H,15,16)(H,17,18)(H,19,20);1H3;;2*1H2;/q;;-2;;;+4/p-2. The molecule has 26 heavy (non-hydrogen) atoms. The van der Waals surface area contributed by atoms with E-state index >= 15 is 0 Å². The molecule has 0 amide bonds. The largest absolute Gasteiger partial charge is 4.00 e. The van der Waals surface area contributed by atoms with Crippen molar-refractivity contribution in [2.45, 2.75) is 0 Å². The van der Waals surface area contributed by atoms with E-state index in [1.807, 2.05) is 0 Å². The Balaban J connectivity index is -0.000000160. The number of nitrogens with zero attached hydrogens (tertiary/aromatic N) is 2. The van der Waals surface area contributed by atoms with Crippen LogP contribution in [0.5, 0.6) is 0 Å². The topological polar surface area (TPSA) is 310 Å². The maximum Gasteiger partial charge on any atom is 4.00 e. The molecular weight excluding hydrogens is 402 g/mol. The van der Waals surface area contributed by atoms with Crippen molar-refractivity contribution >= 4 is 23.9 Å². The van der Waals surface area contributed by atoms with Gasteiger partial charge in [0, 0.05) is 32.7 Å². The number of carbonyl (C=O) groups is 4. The predicted octanol–water partition coefficient (Wildman–Crippen LogP) is -9.73. The van der Waals surface area contributed by atoms with Crippen molar-refractivity contribution < 1.29 is 82.8 Å². The molecule has 0 aromatic rings. The second-order valence-electron chi connectivity index (χ2n) is 3.93. The van der Waals surface area contributed by atoms with Gasteiger partial charge in [0.25, 0.3) is 0 Å². The van der Waals surface area contributed by atoms with Crippen LogP contribution < -0.4 is 32.0 Å². The fourth-order valence-electron chi connectivity index (χ4n) is 1.45. The molecule has 0 aromatic heterocycles. The molecule has 0 aromatic carbocycles. The van der Waals surface area contributed by atoms with Gasteiger partial charge in [0.15, 0.2) is 0 Å². The van der Waals surface area contributed by atoms with Crippen LogP contribution in [0.25, 0.3) is 0 Å². The van der Waals surface area contributed by atoms with Gasteiger partial charge in [-0.1, -0.05) is 0 Å². The molecule has 0 spiro atoms. The second kappa shape index (κ2) is 23.3. The molecule has 0 radical (unpaired) electrons. The summed E-state index contributed by atoms with van der Waals surface area (Å²) in [5.74, 6) is -5.82. The quantitative estimate of drug-likeness (QED) is 0.178. The Morgan fingerprint density at radius 1 is 0.692 bits per heavy atom. The minimum absolute atomic E-state index is 0. The van der Waals surface area contributed by atoms with Crippen molar-refractivity contribution in [2.75, 3.05) is 39.3 Å². The molecule has 0 heterocycles. The molecule has 0 saturated carbocycles. The fraction of sp³-hybridized carbons (Fsp3) is 0.600. The molecule has 9 N–H and O–H groups in total. The predicted molar refractivity (Wildman–Crippen MR) is 68.7 cm³/mol. The van der Waals surface area contributed by atoms with Crippen molar-refractivity contribution in [3.8, 4) is 0 Å². The fourth-order valence-corrected chi connectivity index (χ4v) is 1.45. The van der Waals surface area contributed by atoms with E-state index in [4.69, 9.17) is 15.6 Å². The van der Waals surface area contributed by atoms with Gasteiger partial charge in [-0.15, -0.1) is 0 Å². The Hall–Kier alpha value is -1.69. The van der Waals surface area contributed by atoms with E-state index in [9.17, 15) is 34.5 Å². The molecule has 15 nitrogen and oxygen atoms in total. The molecule has 0 aliphatic rings. The number of carbonyl (C=O) groups excluding carboxylic acids is 3. The summed E-state index contributed by atoms with van der Waals surface area (Å²) in [4.78, 5) is 43.7. The first-order valence-corrected chi connectivity index (χ1v) is 5.63. The van der Waals surface area contributed by atoms with Crippen LogP contribution in [-0.2, 0) is 40.9 Å². The summed E-state index contributed by atoms with van der Waals surface area (Å²) >= 11 is 0. The van der Waals surface area contributed by atoms with Gasteiger partial charge in [-0.3, -0.25) is 14.6 Å². The van der Waals surface area contributed by atoms with E-state index in [0.29, 0.717) is 0 Å². The summed E-state index contributed by atoms with van der Waals surface area (Å²) in [6.07, 6.45) is 0. The Labute approximate surface area is 162 Å². The normalized spacial score (nSPS) is 8.46. The second-order valence-corrected chi connectivity index (χ2v) is 3.93. The average Bonchev–Trinajstić information content (AvgIpc) is 2.35. The molecule has 0 saturated heterocycles. The molecule has 0 atom stereocenters. The zero-order chi connectivity index (χ0) is 17.7. The van der Waals surface area contributed by atoms with Gasteiger partial charge >= 0.3 is 27.7 Å². The number of hydrogen-bond donors (Lipinski definition) is 2. The maximum absolute atomic E-state index is 10.5. The van der Waals surface area contributed by atoms with E-state index in [2.05, 4.69) is 0 Å².